The van der Waals surface area contributed by atoms with Gasteiger partial charge in [0.25, 0.3) is 0 Å². The molecule has 0 aliphatic heterocycles. The molecule has 1 N–H and O–H groups in total. The first kappa shape index (κ1) is 11.0. The van der Waals surface area contributed by atoms with Crippen LogP contribution in [0.1, 0.15) is 22.8 Å². The lowest BCUT2D eigenvalue weighted by Crippen LogP contribution is -2.07. The van der Waals surface area contributed by atoms with Crippen LogP contribution in [0.2, 0.25) is 0 Å². The van der Waals surface area contributed by atoms with Gasteiger partial charge in [-0.25, -0.2) is 4.79 Å². The van der Waals surface area contributed by atoms with Gasteiger partial charge in [0.05, 0.1) is 11.1 Å². The zero-order valence-electron chi connectivity index (χ0n) is 8.00. The second-order valence-corrected chi connectivity index (χ2v) is 3.66. The molecule has 0 atom stereocenters. The molecule has 0 unspecified atom stereocenters. The Morgan fingerprint density at radius 3 is 2.79 bits per heavy atom. The van der Waals surface area contributed by atoms with Gasteiger partial charge in [-0.05, 0) is 41.4 Å². The van der Waals surface area contributed by atoms with E-state index in [2.05, 4.69) is 15.9 Å². The molecule has 0 saturated carbocycles. The molecule has 0 aliphatic rings. The van der Waals surface area contributed by atoms with Gasteiger partial charge in [0, 0.05) is 0 Å². The Kier molecular flexibility index (Phi) is 3.52. The van der Waals surface area contributed by atoms with Crippen LogP contribution >= 0.6 is 15.9 Å². The average Bonchev–Trinajstić information content (AvgIpc) is 2.13. The van der Waals surface area contributed by atoms with Crippen LogP contribution in [0.15, 0.2) is 16.6 Å². The van der Waals surface area contributed by atoms with Gasteiger partial charge < -0.3 is 9.84 Å². The first-order valence-electron chi connectivity index (χ1n) is 4.23. The number of benzene rings is 1. The number of halogens is 1. The summed E-state index contributed by atoms with van der Waals surface area (Å²) in [5, 5.41) is 9.63. The molecule has 0 radical (unpaired) electrons. The molecule has 0 fully saturated rings. The molecule has 1 aromatic rings. The first-order valence-corrected chi connectivity index (χ1v) is 5.02. The van der Waals surface area contributed by atoms with Crippen molar-refractivity contribution in [3.63, 3.8) is 0 Å². The van der Waals surface area contributed by atoms with Gasteiger partial charge in [0.15, 0.2) is 0 Å². The highest BCUT2D eigenvalue weighted by molar-refractivity contribution is 9.10. The fourth-order valence-corrected chi connectivity index (χ4v) is 1.46. The summed E-state index contributed by atoms with van der Waals surface area (Å²) >= 11 is 3.14. The molecule has 0 saturated heterocycles. The quantitative estimate of drug-likeness (QED) is 0.830. The molecule has 0 spiro atoms. The summed E-state index contributed by atoms with van der Waals surface area (Å²) in [5.74, 6) is -0.563. The third-order valence-electron chi connectivity index (χ3n) is 1.82. The molecule has 1 aromatic carbocycles. The summed E-state index contributed by atoms with van der Waals surface area (Å²) in [7, 11) is 0. The Labute approximate surface area is 90.8 Å². The molecule has 1 rings (SSSR count). The van der Waals surface area contributed by atoms with Crippen molar-refractivity contribution in [3.8, 4) is 5.75 Å². The van der Waals surface area contributed by atoms with E-state index in [0.717, 1.165) is 0 Å². The Bertz CT molecular complexity index is 361. The van der Waals surface area contributed by atoms with Gasteiger partial charge in [0.1, 0.15) is 11.3 Å². The lowest BCUT2D eigenvalue weighted by atomic mass is 10.1. The largest absolute Gasteiger partial charge is 0.506 e. The molecule has 0 aliphatic carbocycles. The number of rotatable bonds is 2. The van der Waals surface area contributed by atoms with Crippen molar-refractivity contribution in [2.45, 2.75) is 13.8 Å². The molecule has 76 valence electrons. The maximum Gasteiger partial charge on any atom is 0.342 e. The second-order valence-electron chi connectivity index (χ2n) is 2.81. The predicted molar refractivity (Wildman–Crippen MR) is 56.5 cm³/mol. The molecule has 14 heavy (non-hydrogen) atoms. The Balaban J connectivity index is 3.18. The van der Waals surface area contributed by atoms with Crippen LogP contribution in [0.5, 0.6) is 5.75 Å². The summed E-state index contributed by atoms with van der Waals surface area (Å²) in [6, 6.07) is 3.43. The van der Waals surface area contributed by atoms with Crippen LogP contribution in [0.3, 0.4) is 0 Å². The van der Waals surface area contributed by atoms with Gasteiger partial charge in [0.2, 0.25) is 0 Å². The SMILES string of the molecule is CCOC(=O)c1c(C)ccc(Br)c1O. The lowest BCUT2D eigenvalue weighted by molar-refractivity contribution is 0.0522. The molecule has 0 amide bonds. The van der Waals surface area contributed by atoms with Crippen molar-refractivity contribution < 1.29 is 14.6 Å². The van der Waals surface area contributed by atoms with E-state index < -0.39 is 5.97 Å². The van der Waals surface area contributed by atoms with E-state index in [1.165, 1.54) is 0 Å². The monoisotopic (exact) mass is 258 g/mol. The molecule has 0 bridgehead atoms. The highest BCUT2D eigenvalue weighted by Crippen LogP contribution is 2.30. The van der Waals surface area contributed by atoms with Crippen LogP contribution in [-0.2, 0) is 4.74 Å². The van der Waals surface area contributed by atoms with Crippen molar-refractivity contribution in [2.24, 2.45) is 0 Å². The fourth-order valence-electron chi connectivity index (χ4n) is 1.13. The van der Waals surface area contributed by atoms with Crippen molar-refractivity contribution in [2.75, 3.05) is 6.61 Å². The van der Waals surface area contributed by atoms with Crippen molar-refractivity contribution in [1.82, 2.24) is 0 Å². The van der Waals surface area contributed by atoms with E-state index in [1.54, 1.807) is 26.0 Å². The minimum Gasteiger partial charge on any atom is -0.506 e. The van der Waals surface area contributed by atoms with Gasteiger partial charge in [-0.15, -0.1) is 0 Å². The Morgan fingerprint density at radius 1 is 1.57 bits per heavy atom. The summed E-state index contributed by atoms with van der Waals surface area (Å²) in [5.41, 5.74) is 0.922. The number of aromatic hydroxyl groups is 1. The average molecular weight is 259 g/mol. The van der Waals surface area contributed by atoms with Crippen LogP contribution in [0.25, 0.3) is 0 Å². The van der Waals surface area contributed by atoms with Crippen molar-refractivity contribution in [3.05, 3.63) is 27.7 Å². The number of esters is 1. The van der Waals surface area contributed by atoms with Crippen LogP contribution in [-0.4, -0.2) is 17.7 Å². The van der Waals surface area contributed by atoms with Crippen LogP contribution in [0, 0.1) is 6.92 Å². The van der Waals surface area contributed by atoms with Gasteiger partial charge in [-0.1, -0.05) is 6.07 Å². The minimum absolute atomic E-state index is 0.0662. The third kappa shape index (κ3) is 2.07. The number of aryl methyl sites for hydroxylation is 1. The fraction of sp³-hybridized carbons (Fsp3) is 0.300. The number of hydrogen-bond acceptors (Lipinski definition) is 3. The highest BCUT2D eigenvalue weighted by atomic mass is 79.9. The smallest absolute Gasteiger partial charge is 0.342 e. The maximum absolute atomic E-state index is 11.4. The molecular weight excluding hydrogens is 248 g/mol. The summed E-state index contributed by atoms with van der Waals surface area (Å²) < 4.78 is 5.32. The van der Waals surface area contributed by atoms with Gasteiger partial charge in [-0.3, -0.25) is 0 Å². The molecule has 0 aromatic heterocycles. The maximum atomic E-state index is 11.4. The zero-order chi connectivity index (χ0) is 10.7. The molecule has 4 heteroatoms. The number of ether oxygens (including phenoxy) is 1. The van der Waals surface area contributed by atoms with E-state index in [9.17, 15) is 9.90 Å². The number of phenolic OH excluding ortho intramolecular Hbond substituents is 1. The Morgan fingerprint density at radius 2 is 2.21 bits per heavy atom. The predicted octanol–water partition coefficient (Wildman–Crippen LogP) is 2.64. The molecular formula is C10H11BrO3. The molecule has 3 nitrogen and oxygen atoms in total. The first-order chi connectivity index (χ1) is 6.57. The minimum atomic E-state index is -0.496. The third-order valence-corrected chi connectivity index (χ3v) is 2.46. The van der Waals surface area contributed by atoms with Crippen molar-refractivity contribution >= 4 is 21.9 Å². The van der Waals surface area contributed by atoms with Gasteiger partial charge in [-0.2, -0.15) is 0 Å². The highest BCUT2D eigenvalue weighted by Gasteiger charge is 2.17. The summed E-state index contributed by atoms with van der Waals surface area (Å²) in [6.45, 7) is 3.77. The number of hydrogen-bond donors (Lipinski definition) is 1. The zero-order valence-corrected chi connectivity index (χ0v) is 9.59. The molecule has 0 heterocycles. The summed E-state index contributed by atoms with van der Waals surface area (Å²) in [4.78, 5) is 11.4. The lowest BCUT2D eigenvalue weighted by Gasteiger charge is -2.08. The van der Waals surface area contributed by atoms with E-state index in [-0.39, 0.29) is 11.3 Å². The van der Waals surface area contributed by atoms with Crippen LogP contribution in [0.4, 0.5) is 0 Å². The Hall–Kier alpha value is -1.03. The van der Waals surface area contributed by atoms with Crippen LogP contribution < -0.4 is 0 Å². The van der Waals surface area contributed by atoms with E-state index in [0.29, 0.717) is 16.6 Å². The van der Waals surface area contributed by atoms with E-state index >= 15 is 0 Å². The number of carbonyl (C=O) groups excluding carboxylic acids is 1. The van der Waals surface area contributed by atoms with E-state index in [1.807, 2.05) is 0 Å². The normalized spacial score (nSPS) is 9.93. The number of carbonyl (C=O) groups is 1. The van der Waals surface area contributed by atoms with E-state index in [4.69, 9.17) is 4.74 Å². The standard InChI is InChI=1S/C10H11BrO3/c1-3-14-10(13)8-6(2)4-5-7(11)9(8)12/h4-5,12H,3H2,1-2H3. The second kappa shape index (κ2) is 4.46. The summed E-state index contributed by atoms with van der Waals surface area (Å²) in [6.07, 6.45) is 0. The number of phenols is 1. The van der Waals surface area contributed by atoms with Crippen molar-refractivity contribution in [1.29, 1.82) is 0 Å². The topological polar surface area (TPSA) is 46.5 Å². The van der Waals surface area contributed by atoms with Gasteiger partial charge >= 0.3 is 5.97 Å².